The van der Waals surface area contributed by atoms with Crippen molar-refractivity contribution >= 4 is 23.5 Å². The summed E-state index contributed by atoms with van der Waals surface area (Å²) in [5.74, 6) is 1.81. The molecule has 32 heavy (non-hydrogen) atoms. The van der Waals surface area contributed by atoms with E-state index in [1.807, 2.05) is 74.5 Å². The van der Waals surface area contributed by atoms with Crippen molar-refractivity contribution in [2.75, 3.05) is 7.11 Å². The van der Waals surface area contributed by atoms with E-state index in [1.54, 1.807) is 13.2 Å². The molecule has 0 aliphatic carbocycles. The van der Waals surface area contributed by atoms with Crippen molar-refractivity contribution in [3.63, 3.8) is 0 Å². The van der Waals surface area contributed by atoms with Gasteiger partial charge in [0.15, 0.2) is 5.78 Å². The summed E-state index contributed by atoms with van der Waals surface area (Å²) in [5, 5.41) is 0.740. The lowest BCUT2D eigenvalue weighted by molar-refractivity contribution is 0.104. The second kappa shape index (κ2) is 10.5. The van der Waals surface area contributed by atoms with Crippen LogP contribution >= 0.6 is 11.6 Å². The first-order valence-electron chi connectivity index (χ1n) is 10.7. The van der Waals surface area contributed by atoms with Crippen LogP contribution in [0.15, 0.2) is 60.7 Å². The number of allylic oxidation sites excluding steroid dienone is 1. The molecule has 0 aliphatic heterocycles. The van der Waals surface area contributed by atoms with Crippen molar-refractivity contribution < 1.29 is 14.3 Å². The molecule has 0 unspecified atom stereocenters. The maximum Gasteiger partial charge on any atom is 0.185 e. The van der Waals surface area contributed by atoms with Crippen LogP contribution in [0.2, 0.25) is 5.02 Å². The molecule has 0 saturated heterocycles. The molecular formula is C28H29ClO3. The summed E-state index contributed by atoms with van der Waals surface area (Å²) in [6.45, 7) is 8.55. The third-order valence-corrected chi connectivity index (χ3v) is 5.77. The molecule has 0 bridgehead atoms. The lowest BCUT2D eigenvalue weighted by Crippen LogP contribution is -2.03. The topological polar surface area (TPSA) is 35.5 Å². The van der Waals surface area contributed by atoms with Gasteiger partial charge in [0.1, 0.15) is 18.1 Å². The molecule has 0 aromatic heterocycles. The zero-order valence-electron chi connectivity index (χ0n) is 19.2. The number of benzene rings is 3. The number of ether oxygens (including phenoxy) is 2. The summed E-state index contributed by atoms with van der Waals surface area (Å²) >= 11 is 6.32. The van der Waals surface area contributed by atoms with Crippen molar-refractivity contribution in [3.8, 4) is 11.5 Å². The van der Waals surface area contributed by atoms with Crippen LogP contribution in [0.1, 0.15) is 57.9 Å². The van der Waals surface area contributed by atoms with Gasteiger partial charge in [-0.3, -0.25) is 4.79 Å². The standard InChI is InChI=1S/C28H29ClO3/c1-18(2)24-16-25(29)20(4)14-28(24)32-17-23-15-21(9-13-27(23)31-5)8-12-26(30)22-10-6-19(3)7-11-22/h6-16,18H,17H2,1-5H3/b12-8+. The van der Waals surface area contributed by atoms with E-state index in [2.05, 4.69) is 13.8 Å². The third kappa shape index (κ3) is 5.80. The third-order valence-electron chi connectivity index (χ3n) is 5.36. The fraction of sp³-hybridized carbons (Fsp3) is 0.250. The number of hydrogen-bond donors (Lipinski definition) is 0. The van der Waals surface area contributed by atoms with Crippen LogP contribution in [0.25, 0.3) is 6.08 Å². The van der Waals surface area contributed by atoms with Crippen LogP contribution in [0, 0.1) is 13.8 Å². The van der Waals surface area contributed by atoms with Crippen molar-refractivity contribution in [2.24, 2.45) is 0 Å². The minimum Gasteiger partial charge on any atom is -0.496 e. The van der Waals surface area contributed by atoms with Gasteiger partial charge < -0.3 is 9.47 Å². The Morgan fingerprint density at radius 3 is 2.38 bits per heavy atom. The molecule has 0 heterocycles. The number of halogens is 1. The molecule has 3 aromatic carbocycles. The molecule has 0 fully saturated rings. The van der Waals surface area contributed by atoms with E-state index in [9.17, 15) is 4.79 Å². The molecule has 0 aliphatic rings. The second-order valence-corrected chi connectivity index (χ2v) is 8.62. The Morgan fingerprint density at radius 2 is 1.72 bits per heavy atom. The Bertz CT molecular complexity index is 1130. The van der Waals surface area contributed by atoms with Crippen molar-refractivity contribution in [1.82, 2.24) is 0 Å². The maximum absolute atomic E-state index is 12.5. The molecule has 0 amide bonds. The summed E-state index contributed by atoms with van der Waals surface area (Å²) in [7, 11) is 1.64. The molecule has 3 rings (SSSR count). The summed E-state index contributed by atoms with van der Waals surface area (Å²) in [6.07, 6.45) is 3.41. The largest absolute Gasteiger partial charge is 0.496 e. The molecule has 3 aromatic rings. The summed E-state index contributed by atoms with van der Waals surface area (Å²) in [4.78, 5) is 12.5. The van der Waals surface area contributed by atoms with Crippen LogP contribution in [0.5, 0.6) is 11.5 Å². The van der Waals surface area contributed by atoms with Crippen LogP contribution in [-0.4, -0.2) is 12.9 Å². The van der Waals surface area contributed by atoms with Crippen molar-refractivity contribution in [2.45, 2.75) is 40.2 Å². The highest BCUT2D eigenvalue weighted by Crippen LogP contribution is 2.33. The minimum absolute atomic E-state index is 0.0307. The van der Waals surface area contributed by atoms with Gasteiger partial charge in [-0.15, -0.1) is 0 Å². The van der Waals surface area contributed by atoms with Gasteiger partial charge in [-0.1, -0.05) is 67.4 Å². The molecule has 166 valence electrons. The van der Waals surface area contributed by atoms with E-state index >= 15 is 0 Å². The van der Waals surface area contributed by atoms with Crippen molar-refractivity contribution in [3.05, 3.63) is 99.1 Å². The highest BCUT2D eigenvalue weighted by atomic mass is 35.5. The number of rotatable bonds is 8. The SMILES string of the molecule is COc1ccc(/C=C/C(=O)c2ccc(C)cc2)cc1COc1cc(C)c(Cl)cc1C(C)C. The van der Waals surface area contributed by atoms with Gasteiger partial charge in [0, 0.05) is 16.1 Å². The first-order valence-corrected chi connectivity index (χ1v) is 11.0. The Labute approximate surface area is 195 Å². The van der Waals surface area contributed by atoms with E-state index in [0.29, 0.717) is 12.2 Å². The lowest BCUT2D eigenvalue weighted by atomic mass is 10.0. The van der Waals surface area contributed by atoms with E-state index < -0.39 is 0 Å². The van der Waals surface area contributed by atoms with Crippen LogP contribution in [-0.2, 0) is 6.61 Å². The zero-order valence-corrected chi connectivity index (χ0v) is 20.0. The number of ketones is 1. The summed E-state index contributed by atoms with van der Waals surface area (Å²) in [6, 6.07) is 17.3. The fourth-order valence-electron chi connectivity index (χ4n) is 3.40. The second-order valence-electron chi connectivity index (χ2n) is 8.22. The number of aryl methyl sites for hydroxylation is 2. The predicted molar refractivity (Wildman–Crippen MR) is 132 cm³/mol. The first-order chi connectivity index (χ1) is 15.3. The normalized spacial score (nSPS) is 11.2. The van der Waals surface area contributed by atoms with Gasteiger partial charge in [0.2, 0.25) is 0 Å². The molecule has 0 spiro atoms. The molecule has 0 radical (unpaired) electrons. The number of methoxy groups -OCH3 is 1. The lowest BCUT2D eigenvalue weighted by Gasteiger charge is -2.17. The first kappa shape index (κ1) is 23.6. The summed E-state index contributed by atoms with van der Waals surface area (Å²) < 4.78 is 11.7. The number of carbonyl (C=O) groups excluding carboxylic acids is 1. The van der Waals surface area contributed by atoms with Crippen LogP contribution in [0.3, 0.4) is 0 Å². The average Bonchev–Trinajstić information content (AvgIpc) is 2.78. The van der Waals surface area contributed by atoms with Gasteiger partial charge in [-0.25, -0.2) is 0 Å². The minimum atomic E-state index is -0.0307. The predicted octanol–water partition coefficient (Wildman–Crippen LogP) is 7.56. The Hall–Kier alpha value is -3.04. The van der Waals surface area contributed by atoms with Crippen molar-refractivity contribution in [1.29, 1.82) is 0 Å². The van der Waals surface area contributed by atoms with Gasteiger partial charge in [-0.05, 0) is 66.8 Å². The molecule has 0 saturated carbocycles. The average molecular weight is 449 g/mol. The van der Waals surface area contributed by atoms with E-state index in [-0.39, 0.29) is 11.7 Å². The molecule has 4 heteroatoms. The van der Waals surface area contributed by atoms with E-state index in [0.717, 1.165) is 44.3 Å². The van der Waals surface area contributed by atoms with Gasteiger partial charge >= 0.3 is 0 Å². The number of hydrogen-bond acceptors (Lipinski definition) is 3. The molecule has 0 atom stereocenters. The summed E-state index contributed by atoms with van der Waals surface area (Å²) in [5.41, 5.74) is 5.65. The quantitative estimate of drug-likeness (QED) is 0.263. The van der Waals surface area contributed by atoms with Gasteiger partial charge in [0.05, 0.1) is 7.11 Å². The van der Waals surface area contributed by atoms with E-state index in [4.69, 9.17) is 21.1 Å². The zero-order chi connectivity index (χ0) is 23.3. The van der Waals surface area contributed by atoms with Crippen LogP contribution < -0.4 is 9.47 Å². The highest BCUT2D eigenvalue weighted by Gasteiger charge is 2.13. The van der Waals surface area contributed by atoms with Gasteiger partial charge in [-0.2, -0.15) is 0 Å². The Kier molecular flexibility index (Phi) is 7.76. The van der Waals surface area contributed by atoms with E-state index in [1.165, 1.54) is 0 Å². The Morgan fingerprint density at radius 1 is 1.00 bits per heavy atom. The smallest absolute Gasteiger partial charge is 0.185 e. The fourth-order valence-corrected chi connectivity index (χ4v) is 3.58. The molecule has 0 N–H and O–H groups in total. The molecular weight excluding hydrogens is 420 g/mol. The maximum atomic E-state index is 12.5. The van der Waals surface area contributed by atoms with Crippen LogP contribution in [0.4, 0.5) is 0 Å². The number of carbonyl (C=O) groups is 1. The highest BCUT2D eigenvalue weighted by molar-refractivity contribution is 6.31. The monoisotopic (exact) mass is 448 g/mol. The molecule has 3 nitrogen and oxygen atoms in total. The Balaban J connectivity index is 1.81. The van der Waals surface area contributed by atoms with Gasteiger partial charge in [0.25, 0.3) is 0 Å².